The number of carbonyl (C=O) groups excluding carboxylic acids is 1. The van der Waals surface area contributed by atoms with Crippen molar-refractivity contribution in [2.75, 3.05) is 13.2 Å². The van der Waals surface area contributed by atoms with E-state index in [2.05, 4.69) is 8.91 Å². The van der Waals surface area contributed by atoms with Gasteiger partial charge in [-0.05, 0) is 12.1 Å². The van der Waals surface area contributed by atoms with Crippen molar-refractivity contribution in [3.63, 3.8) is 0 Å². The van der Waals surface area contributed by atoms with Gasteiger partial charge in [-0.2, -0.15) is 13.1 Å². The molecule has 0 bridgehead atoms. The molecule has 3 rings (SSSR count). The van der Waals surface area contributed by atoms with E-state index in [1.54, 1.807) is 0 Å². The molecule has 7 nitrogen and oxygen atoms in total. The highest BCUT2D eigenvalue weighted by molar-refractivity contribution is 7.84. The molecule has 2 aliphatic heterocycles. The Morgan fingerprint density at radius 3 is 2.73 bits per heavy atom. The molecule has 0 unspecified atom stereocenters. The number of esters is 1. The first-order valence-corrected chi connectivity index (χ1v) is 8.56. The minimum Gasteiger partial charge on any atom is -0.457 e. The second-order valence-electron chi connectivity index (χ2n) is 5.35. The van der Waals surface area contributed by atoms with E-state index in [0.29, 0.717) is 13.1 Å². The van der Waals surface area contributed by atoms with Crippen LogP contribution in [0.4, 0.5) is 0 Å². The van der Waals surface area contributed by atoms with E-state index in [0.717, 1.165) is 5.56 Å². The van der Waals surface area contributed by atoms with Crippen LogP contribution in [0.3, 0.4) is 0 Å². The Morgan fingerprint density at radius 1 is 1.32 bits per heavy atom. The van der Waals surface area contributed by atoms with E-state index in [1.165, 1.54) is 0 Å². The zero-order valence-corrected chi connectivity index (χ0v) is 13.0. The third-order valence-corrected chi connectivity index (χ3v) is 4.95. The summed E-state index contributed by atoms with van der Waals surface area (Å²) in [5.41, 5.74) is 1.05. The van der Waals surface area contributed by atoms with Gasteiger partial charge in [0.05, 0.1) is 6.04 Å². The molecule has 0 aliphatic carbocycles. The van der Waals surface area contributed by atoms with Crippen LogP contribution < -0.4 is 4.72 Å². The number of hydrogen-bond acceptors (Lipinski definition) is 6. The number of nitrogens with zero attached hydrogens (tertiary/aromatic N) is 1. The van der Waals surface area contributed by atoms with Gasteiger partial charge in [-0.25, -0.2) is 0 Å². The molecule has 1 aromatic carbocycles. The van der Waals surface area contributed by atoms with Crippen LogP contribution in [0.2, 0.25) is 0 Å². The second kappa shape index (κ2) is 5.96. The Balaban J connectivity index is 1.82. The first kappa shape index (κ1) is 15.4. The molecular weight excluding hydrogens is 308 g/mol. The lowest BCUT2D eigenvalue weighted by molar-refractivity contribution is -0.146. The standard InChI is InChI=1S/C14H18N2O5S/c1-2-16(8-10-6-4-3-5-7-10)13-12-11(21-14(13)17)9-20-22(18,19)15-12/h3-7,11-13,15H,2,8-9H2,1H3/t11-,12+,13-/m1/s1. The highest BCUT2D eigenvalue weighted by atomic mass is 32.2. The van der Waals surface area contributed by atoms with Crippen LogP contribution in [0.25, 0.3) is 0 Å². The van der Waals surface area contributed by atoms with E-state index in [9.17, 15) is 13.2 Å². The van der Waals surface area contributed by atoms with Gasteiger partial charge >= 0.3 is 16.3 Å². The van der Waals surface area contributed by atoms with Gasteiger partial charge in [0, 0.05) is 6.54 Å². The SMILES string of the molecule is CCN(Cc1ccccc1)[C@H]1C(=O)O[C@@H]2COS(=O)(=O)N[C@@H]21. The molecule has 2 fully saturated rings. The smallest absolute Gasteiger partial charge is 0.336 e. The molecule has 2 saturated heterocycles. The monoisotopic (exact) mass is 326 g/mol. The second-order valence-corrected chi connectivity index (χ2v) is 6.73. The average molecular weight is 326 g/mol. The van der Waals surface area contributed by atoms with Crippen molar-refractivity contribution >= 4 is 16.3 Å². The molecule has 22 heavy (non-hydrogen) atoms. The van der Waals surface area contributed by atoms with Crippen LogP contribution in [0.5, 0.6) is 0 Å². The van der Waals surface area contributed by atoms with Gasteiger partial charge < -0.3 is 4.74 Å². The summed E-state index contributed by atoms with van der Waals surface area (Å²) in [6.07, 6.45) is -0.578. The summed E-state index contributed by atoms with van der Waals surface area (Å²) in [4.78, 5) is 14.1. The zero-order valence-electron chi connectivity index (χ0n) is 12.1. The molecule has 1 aromatic rings. The van der Waals surface area contributed by atoms with Crippen LogP contribution in [0.15, 0.2) is 30.3 Å². The van der Waals surface area contributed by atoms with Gasteiger partial charge in [-0.15, -0.1) is 0 Å². The molecule has 2 heterocycles. The lowest BCUT2D eigenvalue weighted by atomic mass is 10.0. The van der Waals surface area contributed by atoms with Crippen LogP contribution in [0.1, 0.15) is 12.5 Å². The maximum atomic E-state index is 12.2. The Hall–Kier alpha value is -1.48. The first-order chi connectivity index (χ1) is 10.5. The van der Waals surface area contributed by atoms with E-state index in [4.69, 9.17) is 4.74 Å². The molecule has 0 radical (unpaired) electrons. The Labute approximate surface area is 129 Å². The molecule has 0 amide bonds. The highest BCUT2D eigenvalue weighted by Crippen LogP contribution is 2.26. The summed E-state index contributed by atoms with van der Waals surface area (Å²) >= 11 is 0. The summed E-state index contributed by atoms with van der Waals surface area (Å²) in [5, 5.41) is 0. The number of hydrogen-bond donors (Lipinski definition) is 1. The third kappa shape index (κ3) is 3.00. The fourth-order valence-corrected chi connectivity index (χ4v) is 3.87. The molecule has 0 aromatic heterocycles. The predicted molar refractivity (Wildman–Crippen MR) is 78.0 cm³/mol. The maximum Gasteiger partial charge on any atom is 0.336 e. The van der Waals surface area contributed by atoms with Crippen LogP contribution in [-0.4, -0.2) is 50.6 Å². The van der Waals surface area contributed by atoms with Crippen molar-refractivity contribution in [1.29, 1.82) is 0 Å². The third-order valence-electron chi connectivity index (χ3n) is 3.95. The number of rotatable bonds is 4. The Morgan fingerprint density at radius 2 is 2.05 bits per heavy atom. The van der Waals surface area contributed by atoms with Crippen molar-refractivity contribution in [1.82, 2.24) is 9.62 Å². The van der Waals surface area contributed by atoms with Crippen molar-refractivity contribution in [3.8, 4) is 0 Å². The Kier molecular flexibility index (Phi) is 4.18. The molecule has 3 atom stereocenters. The van der Waals surface area contributed by atoms with E-state index >= 15 is 0 Å². The van der Waals surface area contributed by atoms with Crippen LogP contribution in [0, 0.1) is 0 Å². The average Bonchev–Trinajstić information content (AvgIpc) is 2.80. The van der Waals surface area contributed by atoms with Gasteiger partial charge in [0.2, 0.25) is 0 Å². The molecule has 1 N–H and O–H groups in total. The van der Waals surface area contributed by atoms with E-state index in [1.807, 2.05) is 42.2 Å². The summed E-state index contributed by atoms with van der Waals surface area (Å²) in [7, 11) is -3.82. The highest BCUT2D eigenvalue weighted by Gasteiger charge is 2.51. The number of nitrogens with one attached hydrogen (secondary N) is 1. The first-order valence-electron chi connectivity index (χ1n) is 7.15. The fourth-order valence-electron chi connectivity index (χ4n) is 2.88. The summed E-state index contributed by atoms with van der Waals surface area (Å²) in [6.45, 7) is 2.94. The number of likely N-dealkylation sites (N-methyl/N-ethyl adjacent to an activating group) is 1. The van der Waals surface area contributed by atoms with E-state index < -0.39 is 34.5 Å². The largest absolute Gasteiger partial charge is 0.457 e. The lowest BCUT2D eigenvalue weighted by Gasteiger charge is -2.32. The quantitative estimate of drug-likeness (QED) is 0.786. The van der Waals surface area contributed by atoms with Crippen LogP contribution >= 0.6 is 0 Å². The molecule has 8 heteroatoms. The summed E-state index contributed by atoms with van der Waals surface area (Å²) in [5.74, 6) is -0.416. The van der Waals surface area contributed by atoms with E-state index in [-0.39, 0.29) is 6.61 Å². The van der Waals surface area contributed by atoms with Crippen molar-refractivity contribution < 1.29 is 22.1 Å². The van der Waals surface area contributed by atoms with Crippen molar-refractivity contribution in [3.05, 3.63) is 35.9 Å². The van der Waals surface area contributed by atoms with Gasteiger partial charge in [0.1, 0.15) is 18.8 Å². The van der Waals surface area contributed by atoms with Crippen LogP contribution in [-0.2, 0) is 30.6 Å². The topological polar surface area (TPSA) is 84.9 Å². The van der Waals surface area contributed by atoms with Gasteiger partial charge in [0.25, 0.3) is 0 Å². The Bertz CT molecular complexity index is 648. The van der Waals surface area contributed by atoms with Gasteiger partial charge in [-0.1, -0.05) is 37.3 Å². The summed E-state index contributed by atoms with van der Waals surface area (Å²) < 4.78 is 35.5. The molecule has 120 valence electrons. The number of carbonyl (C=O) groups is 1. The molecule has 0 saturated carbocycles. The summed E-state index contributed by atoms with van der Waals surface area (Å²) in [6, 6.07) is 8.45. The van der Waals surface area contributed by atoms with Crippen molar-refractivity contribution in [2.45, 2.75) is 31.7 Å². The minimum absolute atomic E-state index is 0.134. The van der Waals surface area contributed by atoms with Gasteiger partial charge in [0.15, 0.2) is 0 Å². The normalized spacial score (nSPS) is 30.1. The molecule has 2 aliphatic rings. The number of fused-ring (bicyclic) bond motifs is 1. The number of ether oxygens (including phenoxy) is 1. The van der Waals surface area contributed by atoms with Gasteiger partial charge in [-0.3, -0.25) is 13.9 Å². The minimum atomic E-state index is -3.82. The molecule has 0 spiro atoms. The maximum absolute atomic E-state index is 12.2. The molecular formula is C14H18N2O5S. The predicted octanol–water partition coefficient (Wildman–Crippen LogP) is 0.0357. The number of benzene rings is 1. The fraction of sp³-hybridized carbons (Fsp3) is 0.500. The zero-order chi connectivity index (χ0) is 15.7. The lowest BCUT2D eigenvalue weighted by Crippen LogP contribution is -2.58. The van der Waals surface area contributed by atoms with Crippen molar-refractivity contribution in [2.24, 2.45) is 0 Å².